The molecular formula is C19H20FN3O2S. The first-order valence-corrected chi connectivity index (χ1v) is 9.57. The van der Waals surface area contributed by atoms with Gasteiger partial charge in [0, 0.05) is 33.5 Å². The molecule has 0 atom stereocenters. The molecule has 0 bridgehead atoms. The van der Waals surface area contributed by atoms with Crippen LogP contribution in [0.1, 0.15) is 37.6 Å². The van der Waals surface area contributed by atoms with Crippen LogP contribution in [0.2, 0.25) is 0 Å². The number of benzene rings is 1. The normalized spacial score (nSPS) is 15.6. The van der Waals surface area contributed by atoms with Crippen LogP contribution in [-0.4, -0.2) is 15.9 Å². The minimum atomic E-state index is -0.413. The number of fused-ring (bicyclic) bond motifs is 1. The molecule has 1 amide bonds. The Labute approximate surface area is 154 Å². The number of aromatic nitrogens is 2. The van der Waals surface area contributed by atoms with E-state index in [1.807, 2.05) is 18.4 Å². The van der Waals surface area contributed by atoms with Gasteiger partial charge in [-0.15, -0.1) is 11.3 Å². The average molecular weight is 373 g/mol. The molecule has 0 spiro atoms. The average Bonchev–Trinajstić information content (AvgIpc) is 3.24. The number of nitrogens with one attached hydrogen (secondary N) is 2. The quantitative estimate of drug-likeness (QED) is 0.682. The minimum absolute atomic E-state index is 0.0841. The first-order chi connectivity index (χ1) is 12.5. The van der Waals surface area contributed by atoms with Crippen LogP contribution in [0.15, 0.2) is 29.1 Å². The highest BCUT2D eigenvalue weighted by Gasteiger charge is 2.38. The van der Waals surface area contributed by atoms with Gasteiger partial charge >= 0.3 is 0 Å². The predicted octanol–water partition coefficient (Wildman–Crippen LogP) is 4.15. The van der Waals surface area contributed by atoms with E-state index in [1.54, 1.807) is 11.6 Å². The highest BCUT2D eigenvalue weighted by atomic mass is 32.1. The van der Waals surface area contributed by atoms with E-state index in [4.69, 9.17) is 4.74 Å². The van der Waals surface area contributed by atoms with Gasteiger partial charge in [0.1, 0.15) is 6.61 Å². The van der Waals surface area contributed by atoms with Crippen molar-refractivity contribution >= 4 is 28.1 Å². The number of nitrogens with zero attached hydrogens (tertiary/aromatic N) is 1. The smallest absolute Gasteiger partial charge is 0.226 e. The van der Waals surface area contributed by atoms with Crippen LogP contribution in [0.5, 0.6) is 5.75 Å². The number of amides is 1. The summed E-state index contributed by atoms with van der Waals surface area (Å²) in [4.78, 5) is 19.6. The Hall–Kier alpha value is -2.41. The monoisotopic (exact) mass is 373 g/mol. The first kappa shape index (κ1) is 17.0. The highest BCUT2D eigenvalue weighted by Crippen LogP contribution is 2.40. The fourth-order valence-electron chi connectivity index (χ4n) is 3.18. The molecule has 4 rings (SSSR count). The number of ether oxygens (including phenoxy) is 1. The molecule has 1 fully saturated rings. The molecule has 26 heavy (non-hydrogen) atoms. The van der Waals surface area contributed by atoms with Crippen molar-refractivity contribution in [3.8, 4) is 5.75 Å². The van der Waals surface area contributed by atoms with Crippen LogP contribution in [0.4, 0.5) is 4.39 Å². The molecule has 1 aromatic carbocycles. The van der Waals surface area contributed by atoms with E-state index >= 15 is 0 Å². The molecule has 0 saturated heterocycles. The molecule has 0 radical (unpaired) electrons. The lowest BCUT2D eigenvalue weighted by molar-refractivity contribution is -0.134. The number of thiazole rings is 1. The number of carbonyl (C=O) groups is 1. The Balaban J connectivity index is 1.45. The van der Waals surface area contributed by atoms with Crippen LogP contribution in [0.3, 0.4) is 0 Å². The summed E-state index contributed by atoms with van der Waals surface area (Å²) in [5.41, 5.74) is 3.88. The third kappa shape index (κ3) is 3.31. The van der Waals surface area contributed by atoms with Gasteiger partial charge in [-0.1, -0.05) is 13.3 Å². The van der Waals surface area contributed by atoms with Crippen LogP contribution >= 0.6 is 11.3 Å². The number of hydrogen-bond donors (Lipinski definition) is 2. The fourth-order valence-corrected chi connectivity index (χ4v) is 3.73. The number of carbonyl (C=O) groups excluding carboxylic acids is 1. The second-order valence-corrected chi connectivity index (χ2v) is 7.75. The van der Waals surface area contributed by atoms with Crippen molar-refractivity contribution < 1.29 is 13.9 Å². The summed E-state index contributed by atoms with van der Waals surface area (Å²) in [5.74, 6) is -0.143. The Morgan fingerprint density at radius 1 is 1.42 bits per heavy atom. The molecule has 1 saturated carbocycles. The van der Waals surface area contributed by atoms with Crippen molar-refractivity contribution in [3.63, 3.8) is 0 Å². The fraction of sp³-hybridized carbons (Fsp3) is 0.368. The minimum Gasteiger partial charge on any atom is -0.484 e. The first-order valence-electron chi connectivity index (χ1n) is 8.63. The molecule has 0 aliphatic heterocycles. The van der Waals surface area contributed by atoms with Crippen molar-refractivity contribution in [1.82, 2.24) is 15.3 Å². The maximum atomic E-state index is 14.3. The van der Waals surface area contributed by atoms with Crippen LogP contribution in [0.25, 0.3) is 10.9 Å². The second-order valence-electron chi connectivity index (χ2n) is 7.03. The van der Waals surface area contributed by atoms with Gasteiger partial charge in [0.15, 0.2) is 11.6 Å². The number of hydrogen-bond acceptors (Lipinski definition) is 4. The van der Waals surface area contributed by atoms with Gasteiger partial charge in [-0.2, -0.15) is 0 Å². The summed E-state index contributed by atoms with van der Waals surface area (Å²) < 4.78 is 19.8. The highest BCUT2D eigenvalue weighted by molar-refractivity contribution is 7.07. The Morgan fingerprint density at radius 2 is 2.27 bits per heavy atom. The lowest BCUT2D eigenvalue weighted by atomic mass is 9.70. The van der Waals surface area contributed by atoms with E-state index in [-0.39, 0.29) is 23.7 Å². The van der Waals surface area contributed by atoms with Gasteiger partial charge in [0.05, 0.1) is 17.7 Å². The summed E-state index contributed by atoms with van der Waals surface area (Å²) in [6, 6.07) is 4.95. The number of aromatic amines is 1. The summed E-state index contributed by atoms with van der Waals surface area (Å²) in [5, 5.41) is 5.59. The standard InChI is InChI=1S/C19H20FN3O2S/c1-19(3-2-4-19)18(24)21-8-13-5-12-6-15(20)17(7-16(12)23-13)25-9-14-10-26-11-22-14/h5-7,10-11,23H,2-4,8-9H2,1H3,(H,21,24). The molecule has 2 aromatic heterocycles. The zero-order chi connectivity index (χ0) is 18.1. The Kier molecular flexibility index (Phi) is 4.40. The van der Waals surface area contributed by atoms with Crippen molar-refractivity contribution in [2.45, 2.75) is 39.3 Å². The molecule has 3 aromatic rings. The van der Waals surface area contributed by atoms with Crippen LogP contribution < -0.4 is 10.1 Å². The molecule has 136 valence electrons. The Morgan fingerprint density at radius 3 is 2.96 bits per heavy atom. The number of rotatable bonds is 6. The summed E-state index contributed by atoms with van der Waals surface area (Å²) >= 11 is 1.47. The lowest BCUT2D eigenvalue weighted by Crippen LogP contribution is -2.43. The third-order valence-corrected chi connectivity index (χ3v) is 5.67. The predicted molar refractivity (Wildman–Crippen MR) is 98.5 cm³/mol. The van der Waals surface area contributed by atoms with Gasteiger partial charge in [0.2, 0.25) is 5.91 Å². The van der Waals surface area contributed by atoms with Gasteiger partial charge in [0.25, 0.3) is 0 Å². The Bertz CT molecular complexity index is 932. The molecule has 1 aliphatic carbocycles. The molecular weight excluding hydrogens is 353 g/mol. The zero-order valence-corrected chi connectivity index (χ0v) is 15.3. The number of halogens is 1. The van der Waals surface area contributed by atoms with Gasteiger partial charge < -0.3 is 15.0 Å². The van der Waals surface area contributed by atoms with Gasteiger partial charge in [-0.3, -0.25) is 4.79 Å². The van der Waals surface area contributed by atoms with Crippen molar-refractivity contribution in [2.24, 2.45) is 5.41 Å². The van der Waals surface area contributed by atoms with E-state index in [9.17, 15) is 9.18 Å². The van der Waals surface area contributed by atoms with Crippen molar-refractivity contribution in [3.05, 3.63) is 46.3 Å². The summed E-state index contributed by atoms with van der Waals surface area (Å²) in [7, 11) is 0. The summed E-state index contributed by atoms with van der Waals surface area (Å²) in [6.07, 6.45) is 2.99. The number of H-pyrrole nitrogens is 1. The van der Waals surface area contributed by atoms with E-state index in [0.717, 1.165) is 41.6 Å². The summed E-state index contributed by atoms with van der Waals surface area (Å²) in [6.45, 7) is 2.63. The van der Waals surface area contributed by atoms with E-state index < -0.39 is 5.82 Å². The van der Waals surface area contributed by atoms with Crippen molar-refractivity contribution in [2.75, 3.05) is 0 Å². The molecule has 1 aliphatic rings. The lowest BCUT2D eigenvalue weighted by Gasteiger charge is -2.36. The second kappa shape index (κ2) is 6.72. The maximum Gasteiger partial charge on any atom is 0.226 e. The zero-order valence-electron chi connectivity index (χ0n) is 14.5. The van der Waals surface area contributed by atoms with Crippen LogP contribution in [-0.2, 0) is 17.9 Å². The van der Waals surface area contributed by atoms with E-state index in [0.29, 0.717) is 6.54 Å². The van der Waals surface area contributed by atoms with E-state index in [2.05, 4.69) is 15.3 Å². The SMILES string of the molecule is CC1(C(=O)NCc2cc3cc(F)c(OCc4cscn4)cc3[nH]2)CCC1. The van der Waals surface area contributed by atoms with Gasteiger partial charge in [-0.05, 0) is 25.0 Å². The molecule has 2 N–H and O–H groups in total. The van der Waals surface area contributed by atoms with Crippen LogP contribution in [0, 0.1) is 11.2 Å². The largest absolute Gasteiger partial charge is 0.484 e. The molecule has 7 heteroatoms. The molecule has 2 heterocycles. The van der Waals surface area contributed by atoms with E-state index in [1.165, 1.54) is 17.4 Å². The van der Waals surface area contributed by atoms with Crippen molar-refractivity contribution in [1.29, 1.82) is 0 Å². The molecule has 0 unspecified atom stereocenters. The third-order valence-electron chi connectivity index (χ3n) is 5.03. The maximum absolute atomic E-state index is 14.3. The molecule has 5 nitrogen and oxygen atoms in total. The van der Waals surface area contributed by atoms with Gasteiger partial charge in [-0.25, -0.2) is 9.37 Å². The topological polar surface area (TPSA) is 67.0 Å².